The predicted octanol–water partition coefficient (Wildman–Crippen LogP) is 5.12. The molecular weight excluding hydrogens is 406 g/mol. The minimum absolute atomic E-state index is 0.164. The van der Waals surface area contributed by atoms with Gasteiger partial charge < -0.3 is 15.5 Å². The fourth-order valence-electron chi connectivity index (χ4n) is 3.07. The van der Waals surface area contributed by atoms with E-state index >= 15 is 0 Å². The van der Waals surface area contributed by atoms with E-state index in [9.17, 15) is 9.59 Å². The minimum atomic E-state index is -0.469. The van der Waals surface area contributed by atoms with Gasteiger partial charge >= 0.3 is 6.03 Å². The highest BCUT2D eigenvalue weighted by molar-refractivity contribution is 9.10. The third-order valence-corrected chi connectivity index (χ3v) is 5.09. The van der Waals surface area contributed by atoms with Gasteiger partial charge in [0.2, 0.25) is 5.91 Å². The lowest BCUT2D eigenvalue weighted by molar-refractivity contribution is -0.119. The van der Waals surface area contributed by atoms with Crippen LogP contribution >= 0.6 is 15.9 Å². The predicted molar refractivity (Wildman–Crippen MR) is 113 cm³/mol. The van der Waals surface area contributed by atoms with Crippen molar-refractivity contribution in [1.82, 2.24) is 4.90 Å². The molecule has 6 heteroatoms. The number of carbonyl (C=O) groups is 2. The van der Waals surface area contributed by atoms with Gasteiger partial charge in [0.05, 0.1) is 0 Å². The number of hydrogen-bond donors (Lipinski definition) is 2. The lowest BCUT2D eigenvalue weighted by atomic mass is 10.1. The van der Waals surface area contributed by atoms with Crippen molar-refractivity contribution < 1.29 is 9.59 Å². The van der Waals surface area contributed by atoms with Crippen LogP contribution in [0.4, 0.5) is 16.2 Å². The number of benzene rings is 2. The van der Waals surface area contributed by atoms with Crippen LogP contribution in [0.3, 0.4) is 0 Å². The van der Waals surface area contributed by atoms with E-state index in [1.165, 1.54) is 0 Å². The standard InChI is InChI=1S/C21H22BrN3O2/c1-14(2)15-5-9-18(10-6-15)24-21(27)25-13-3-4-19(25)20(26)23-17-11-7-16(22)8-12-17/h5-12,19H,1,3-4,13H2,2H3,(H,23,26)(H,24,27)/t19-/m1/s1. The van der Waals surface area contributed by atoms with Gasteiger partial charge in [-0.15, -0.1) is 0 Å². The van der Waals surface area contributed by atoms with Gasteiger partial charge in [-0.1, -0.05) is 40.2 Å². The van der Waals surface area contributed by atoms with Crippen LogP contribution in [0.15, 0.2) is 59.6 Å². The van der Waals surface area contributed by atoms with E-state index < -0.39 is 6.04 Å². The van der Waals surface area contributed by atoms with Crippen molar-refractivity contribution in [1.29, 1.82) is 0 Å². The molecule has 2 aromatic carbocycles. The van der Waals surface area contributed by atoms with Crippen LogP contribution in [-0.2, 0) is 4.79 Å². The number of nitrogens with zero attached hydrogens (tertiary/aromatic N) is 1. The van der Waals surface area contributed by atoms with Crippen LogP contribution < -0.4 is 10.6 Å². The van der Waals surface area contributed by atoms with Crippen molar-refractivity contribution in [2.75, 3.05) is 17.2 Å². The summed E-state index contributed by atoms with van der Waals surface area (Å²) >= 11 is 3.37. The highest BCUT2D eigenvalue weighted by Gasteiger charge is 2.34. The molecule has 3 rings (SSSR count). The highest BCUT2D eigenvalue weighted by Crippen LogP contribution is 2.22. The molecule has 1 aliphatic rings. The molecule has 2 N–H and O–H groups in total. The van der Waals surface area contributed by atoms with Gasteiger partial charge in [0.15, 0.2) is 0 Å². The average molecular weight is 428 g/mol. The second-order valence-electron chi connectivity index (χ2n) is 6.64. The lowest BCUT2D eigenvalue weighted by Gasteiger charge is -2.24. The largest absolute Gasteiger partial charge is 0.324 e. The second-order valence-corrected chi connectivity index (χ2v) is 7.55. The topological polar surface area (TPSA) is 61.4 Å². The zero-order valence-corrected chi connectivity index (χ0v) is 16.8. The summed E-state index contributed by atoms with van der Waals surface area (Å²) in [5.41, 5.74) is 3.41. The second kappa shape index (κ2) is 8.39. The quantitative estimate of drug-likeness (QED) is 0.711. The number of rotatable bonds is 4. The summed E-state index contributed by atoms with van der Waals surface area (Å²) in [6, 6.07) is 14.2. The maximum atomic E-state index is 12.7. The zero-order valence-electron chi connectivity index (χ0n) is 15.2. The first-order chi connectivity index (χ1) is 12.9. The summed E-state index contributed by atoms with van der Waals surface area (Å²) in [6.45, 7) is 6.41. The van der Waals surface area contributed by atoms with E-state index in [0.717, 1.165) is 22.0 Å². The molecule has 1 aliphatic heterocycles. The van der Waals surface area contributed by atoms with E-state index in [4.69, 9.17) is 0 Å². The molecule has 0 bridgehead atoms. The van der Waals surface area contributed by atoms with Crippen molar-refractivity contribution >= 4 is 44.8 Å². The number of nitrogens with one attached hydrogen (secondary N) is 2. The molecular formula is C21H22BrN3O2. The van der Waals surface area contributed by atoms with Crippen molar-refractivity contribution in [2.45, 2.75) is 25.8 Å². The monoisotopic (exact) mass is 427 g/mol. The maximum Gasteiger partial charge on any atom is 0.322 e. The number of hydrogen-bond acceptors (Lipinski definition) is 2. The molecule has 3 amide bonds. The number of anilines is 2. The molecule has 0 saturated carbocycles. The normalized spacial score (nSPS) is 16.1. The molecule has 5 nitrogen and oxygen atoms in total. The van der Waals surface area contributed by atoms with Crippen LogP contribution in [0.2, 0.25) is 0 Å². The molecule has 1 heterocycles. The molecule has 1 atom stereocenters. The molecule has 27 heavy (non-hydrogen) atoms. The summed E-state index contributed by atoms with van der Waals surface area (Å²) in [5.74, 6) is -0.164. The summed E-state index contributed by atoms with van der Waals surface area (Å²) in [7, 11) is 0. The molecule has 2 aromatic rings. The lowest BCUT2D eigenvalue weighted by Crippen LogP contribution is -2.45. The Balaban J connectivity index is 1.64. The van der Waals surface area contributed by atoms with Gasteiger partial charge in [0, 0.05) is 22.4 Å². The minimum Gasteiger partial charge on any atom is -0.324 e. The van der Waals surface area contributed by atoms with Crippen molar-refractivity contribution in [3.63, 3.8) is 0 Å². The number of allylic oxidation sites excluding steroid dienone is 1. The highest BCUT2D eigenvalue weighted by atomic mass is 79.9. The first-order valence-electron chi connectivity index (χ1n) is 8.84. The van der Waals surface area contributed by atoms with Gasteiger partial charge in [-0.05, 0) is 61.7 Å². The van der Waals surface area contributed by atoms with E-state index in [1.807, 2.05) is 55.5 Å². The number of halogens is 1. The Labute approximate surface area is 167 Å². The summed E-state index contributed by atoms with van der Waals surface area (Å²) in [6.07, 6.45) is 1.46. The molecule has 1 fully saturated rings. The third-order valence-electron chi connectivity index (χ3n) is 4.56. The van der Waals surface area contributed by atoms with Gasteiger partial charge in [-0.25, -0.2) is 4.79 Å². The third kappa shape index (κ3) is 4.77. The van der Waals surface area contributed by atoms with Crippen LogP contribution in [0.25, 0.3) is 5.57 Å². The number of likely N-dealkylation sites (tertiary alicyclic amines) is 1. The van der Waals surface area contributed by atoms with Crippen molar-refractivity contribution in [3.05, 3.63) is 65.1 Å². The van der Waals surface area contributed by atoms with Crippen molar-refractivity contribution in [2.24, 2.45) is 0 Å². The molecule has 0 aliphatic carbocycles. The molecule has 140 valence electrons. The van der Waals surface area contributed by atoms with Crippen LogP contribution in [-0.4, -0.2) is 29.4 Å². The summed E-state index contributed by atoms with van der Waals surface area (Å²) < 4.78 is 0.944. The Morgan fingerprint density at radius 3 is 2.26 bits per heavy atom. The van der Waals surface area contributed by atoms with Crippen LogP contribution in [0, 0.1) is 0 Å². The van der Waals surface area contributed by atoms with Crippen LogP contribution in [0.5, 0.6) is 0 Å². The fraction of sp³-hybridized carbons (Fsp3) is 0.238. The Bertz CT molecular complexity index is 847. The molecule has 0 unspecified atom stereocenters. The Hall–Kier alpha value is -2.60. The van der Waals surface area contributed by atoms with Crippen LogP contribution in [0.1, 0.15) is 25.3 Å². The van der Waals surface area contributed by atoms with Gasteiger partial charge in [-0.3, -0.25) is 4.79 Å². The Kier molecular flexibility index (Phi) is 5.96. The molecule has 1 saturated heterocycles. The smallest absolute Gasteiger partial charge is 0.322 e. The average Bonchev–Trinajstić information content (AvgIpc) is 3.14. The maximum absolute atomic E-state index is 12.7. The Morgan fingerprint density at radius 1 is 1.04 bits per heavy atom. The first kappa shape index (κ1) is 19.2. The SMILES string of the molecule is C=C(C)c1ccc(NC(=O)N2CCC[C@@H]2C(=O)Nc2ccc(Br)cc2)cc1. The zero-order chi connectivity index (χ0) is 19.4. The van der Waals surface area contributed by atoms with E-state index in [2.05, 4.69) is 33.1 Å². The first-order valence-corrected chi connectivity index (χ1v) is 9.63. The van der Waals surface area contributed by atoms with E-state index in [-0.39, 0.29) is 11.9 Å². The number of urea groups is 1. The van der Waals surface area contributed by atoms with Gasteiger partial charge in [0.25, 0.3) is 0 Å². The van der Waals surface area contributed by atoms with Gasteiger partial charge in [0.1, 0.15) is 6.04 Å². The fourth-order valence-corrected chi connectivity index (χ4v) is 3.34. The summed E-state index contributed by atoms with van der Waals surface area (Å²) in [4.78, 5) is 26.9. The Morgan fingerprint density at radius 2 is 1.63 bits per heavy atom. The van der Waals surface area contributed by atoms with Gasteiger partial charge in [-0.2, -0.15) is 0 Å². The van der Waals surface area contributed by atoms with Crippen molar-refractivity contribution in [3.8, 4) is 0 Å². The molecule has 0 spiro atoms. The molecule has 0 aromatic heterocycles. The van der Waals surface area contributed by atoms with E-state index in [0.29, 0.717) is 24.3 Å². The molecule has 0 radical (unpaired) electrons. The number of amides is 3. The van der Waals surface area contributed by atoms with E-state index in [1.54, 1.807) is 4.90 Å². The number of carbonyl (C=O) groups excluding carboxylic acids is 2. The summed E-state index contributed by atoms with van der Waals surface area (Å²) in [5, 5.41) is 5.77.